The highest BCUT2D eigenvalue weighted by Crippen LogP contribution is 2.51. The Labute approximate surface area is 376 Å². The van der Waals surface area contributed by atoms with Crippen molar-refractivity contribution < 1.29 is 4.74 Å². The molecule has 5 nitrogen and oxygen atoms in total. The number of fused-ring (bicyclic) bond motifs is 8. The molecule has 1 aliphatic rings. The molecule has 0 fully saturated rings. The van der Waals surface area contributed by atoms with Crippen molar-refractivity contribution in [3.05, 3.63) is 206 Å². The van der Waals surface area contributed by atoms with E-state index in [4.69, 9.17) is 9.72 Å². The summed E-state index contributed by atoms with van der Waals surface area (Å²) in [5.41, 5.74) is 12.7. The number of hydrogen-bond donors (Lipinski definition) is 0. The zero-order valence-electron chi connectivity index (χ0n) is 35.9. The minimum absolute atomic E-state index is 0.0309. The highest BCUT2D eigenvalue weighted by Gasteiger charge is 2.31. The normalized spacial score (nSPS) is 12.8. The standard InChI is InChI=1S/C58H44N4OS/c1-58(2,3)40-32-33-59-54(34-40)62-51-31-30-47-46-22-10-13-27-53(46)64-57(47)55(51)48-29-28-43(36-52(48)62)63-42-21-14-20-41(35-42)60-37-61(50-26-12-11-25-49(50)60)56-44(38-16-6-4-7-17-38)23-15-24-45(56)39-18-8-5-9-19-39/h4-36H,37H2,1-3H3. The van der Waals surface area contributed by atoms with Crippen LogP contribution in [0.3, 0.4) is 0 Å². The summed E-state index contributed by atoms with van der Waals surface area (Å²) in [5, 5.41) is 4.99. The van der Waals surface area contributed by atoms with E-state index in [-0.39, 0.29) is 5.41 Å². The Morgan fingerprint density at radius 1 is 0.531 bits per heavy atom. The largest absolute Gasteiger partial charge is 0.457 e. The molecule has 0 saturated carbocycles. The lowest BCUT2D eigenvalue weighted by atomic mass is 9.88. The molecule has 0 amide bonds. The Hall–Kier alpha value is -7.67. The lowest BCUT2D eigenvalue weighted by Crippen LogP contribution is -2.24. The zero-order valence-corrected chi connectivity index (χ0v) is 36.7. The number of aromatic nitrogens is 2. The highest BCUT2D eigenvalue weighted by molar-refractivity contribution is 7.26. The quantitative estimate of drug-likeness (QED) is 0.160. The Kier molecular flexibility index (Phi) is 8.92. The van der Waals surface area contributed by atoms with Crippen LogP contribution >= 0.6 is 11.3 Å². The molecule has 8 aromatic carbocycles. The summed E-state index contributed by atoms with van der Waals surface area (Å²) in [6.45, 7) is 7.39. The number of ether oxygens (including phenoxy) is 1. The average Bonchev–Trinajstić information content (AvgIpc) is 4.01. The molecule has 0 bridgehead atoms. The molecule has 0 aliphatic carbocycles. The van der Waals surface area contributed by atoms with Crippen LogP contribution in [0.5, 0.6) is 11.5 Å². The second-order valence-electron chi connectivity index (χ2n) is 17.6. The van der Waals surface area contributed by atoms with Crippen molar-refractivity contribution in [1.29, 1.82) is 0 Å². The van der Waals surface area contributed by atoms with Crippen LogP contribution in [-0.2, 0) is 5.41 Å². The van der Waals surface area contributed by atoms with Crippen LogP contribution in [0.4, 0.5) is 22.7 Å². The van der Waals surface area contributed by atoms with Crippen LogP contribution in [-0.4, -0.2) is 16.2 Å². The first-order valence-corrected chi connectivity index (χ1v) is 22.7. The third-order valence-corrected chi connectivity index (χ3v) is 13.9. The highest BCUT2D eigenvalue weighted by atomic mass is 32.1. The molecule has 4 heterocycles. The van der Waals surface area contributed by atoms with Gasteiger partial charge in [-0.1, -0.05) is 142 Å². The Bertz CT molecular complexity index is 3510. The van der Waals surface area contributed by atoms with Gasteiger partial charge in [0.2, 0.25) is 0 Å². The van der Waals surface area contributed by atoms with E-state index in [1.807, 2.05) is 17.5 Å². The predicted octanol–water partition coefficient (Wildman–Crippen LogP) is 16.2. The maximum absolute atomic E-state index is 6.87. The fraction of sp³-hybridized carbons (Fsp3) is 0.0862. The minimum Gasteiger partial charge on any atom is -0.457 e. The number of anilines is 4. The van der Waals surface area contributed by atoms with Crippen LogP contribution in [0.1, 0.15) is 26.3 Å². The number of pyridine rings is 1. The summed E-state index contributed by atoms with van der Waals surface area (Å²) in [5.74, 6) is 2.43. The third kappa shape index (κ3) is 6.32. The summed E-state index contributed by atoms with van der Waals surface area (Å²) in [7, 11) is 0. The van der Waals surface area contributed by atoms with Crippen molar-refractivity contribution >= 4 is 76.1 Å². The second kappa shape index (κ2) is 15.0. The van der Waals surface area contributed by atoms with Gasteiger partial charge in [0.1, 0.15) is 24.0 Å². The van der Waals surface area contributed by atoms with Gasteiger partial charge in [-0.05, 0) is 82.8 Å². The van der Waals surface area contributed by atoms with Gasteiger partial charge in [0.15, 0.2) is 0 Å². The van der Waals surface area contributed by atoms with Gasteiger partial charge in [-0.25, -0.2) is 4.98 Å². The van der Waals surface area contributed by atoms with Crippen molar-refractivity contribution in [1.82, 2.24) is 9.55 Å². The zero-order chi connectivity index (χ0) is 42.9. The van der Waals surface area contributed by atoms with E-state index < -0.39 is 0 Å². The SMILES string of the molecule is CC(C)(C)c1ccnc(-n2c3cc(Oc4cccc(N5CN(c6c(-c7ccccc7)cccc6-c6ccccc6)c6ccccc65)c4)ccc3c3c4sc5ccccc5c4ccc32)c1. The van der Waals surface area contributed by atoms with Crippen molar-refractivity contribution in [2.75, 3.05) is 16.5 Å². The molecule has 11 aromatic rings. The molecule has 308 valence electrons. The number of benzene rings is 8. The lowest BCUT2D eigenvalue weighted by molar-refractivity contribution is 0.483. The molecule has 0 radical (unpaired) electrons. The monoisotopic (exact) mass is 844 g/mol. The molecule has 1 aliphatic heterocycles. The summed E-state index contributed by atoms with van der Waals surface area (Å²) in [4.78, 5) is 9.86. The number of thiophene rings is 1. The number of hydrogen-bond acceptors (Lipinski definition) is 5. The van der Waals surface area contributed by atoms with Gasteiger partial charge in [0.05, 0.1) is 28.1 Å². The molecule has 3 aromatic heterocycles. The molecule has 12 rings (SSSR count). The summed E-state index contributed by atoms with van der Waals surface area (Å²) in [6, 6.07) is 69.5. The van der Waals surface area contributed by atoms with E-state index >= 15 is 0 Å². The molecule has 6 heteroatoms. The van der Waals surface area contributed by atoms with Gasteiger partial charge in [-0.3, -0.25) is 4.57 Å². The molecule has 0 unspecified atom stereocenters. The molecule has 0 N–H and O–H groups in total. The van der Waals surface area contributed by atoms with Crippen LogP contribution in [0.25, 0.3) is 70.0 Å². The van der Waals surface area contributed by atoms with Crippen LogP contribution in [0.2, 0.25) is 0 Å². The van der Waals surface area contributed by atoms with E-state index in [0.29, 0.717) is 6.67 Å². The van der Waals surface area contributed by atoms with Crippen molar-refractivity contribution in [3.8, 4) is 39.6 Å². The molecule has 0 saturated heterocycles. The summed E-state index contributed by atoms with van der Waals surface area (Å²) >= 11 is 1.86. The first-order chi connectivity index (χ1) is 31.4. The van der Waals surface area contributed by atoms with Crippen LogP contribution < -0.4 is 14.5 Å². The summed E-state index contributed by atoms with van der Waals surface area (Å²) < 4.78 is 11.8. The van der Waals surface area contributed by atoms with E-state index in [9.17, 15) is 0 Å². The minimum atomic E-state index is -0.0309. The topological polar surface area (TPSA) is 33.5 Å². The first-order valence-electron chi connectivity index (χ1n) is 21.9. The maximum Gasteiger partial charge on any atom is 0.137 e. The fourth-order valence-electron chi connectivity index (χ4n) is 9.59. The average molecular weight is 845 g/mol. The van der Waals surface area contributed by atoms with Gasteiger partial charge in [0, 0.05) is 66.1 Å². The second-order valence-corrected chi connectivity index (χ2v) is 18.7. The summed E-state index contributed by atoms with van der Waals surface area (Å²) in [6.07, 6.45) is 1.94. The molecule has 64 heavy (non-hydrogen) atoms. The maximum atomic E-state index is 6.87. The molecular weight excluding hydrogens is 801 g/mol. The Morgan fingerprint density at radius 2 is 1.19 bits per heavy atom. The fourth-order valence-corrected chi connectivity index (χ4v) is 10.9. The number of rotatable bonds is 7. The smallest absolute Gasteiger partial charge is 0.137 e. The van der Waals surface area contributed by atoms with E-state index in [1.165, 1.54) is 64.4 Å². The predicted molar refractivity (Wildman–Crippen MR) is 270 cm³/mol. The van der Waals surface area contributed by atoms with Gasteiger partial charge >= 0.3 is 0 Å². The van der Waals surface area contributed by atoms with Gasteiger partial charge < -0.3 is 14.5 Å². The van der Waals surface area contributed by atoms with E-state index in [2.05, 4.69) is 229 Å². The van der Waals surface area contributed by atoms with E-state index in [0.717, 1.165) is 45.4 Å². The van der Waals surface area contributed by atoms with E-state index in [1.54, 1.807) is 0 Å². The van der Waals surface area contributed by atoms with Crippen molar-refractivity contribution in [2.24, 2.45) is 0 Å². The van der Waals surface area contributed by atoms with Crippen molar-refractivity contribution in [2.45, 2.75) is 26.2 Å². The van der Waals surface area contributed by atoms with Crippen LogP contribution in [0, 0.1) is 0 Å². The Morgan fingerprint density at radius 3 is 1.94 bits per heavy atom. The molecule has 0 spiro atoms. The lowest BCUT2D eigenvalue weighted by Gasteiger charge is -2.27. The number of nitrogens with zero attached hydrogens (tertiary/aromatic N) is 4. The first kappa shape index (κ1) is 38.0. The number of para-hydroxylation sites is 3. The van der Waals surface area contributed by atoms with Gasteiger partial charge in [-0.15, -0.1) is 11.3 Å². The van der Waals surface area contributed by atoms with Gasteiger partial charge in [0.25, 0.3) is 0 Å². The third-order valence-electron chi connectivity index (χ3n) is 12.7. The van der Waals surface area contributed by atoms with Gasteiger partial charge in [-0.2, -0.15) is 0 Å². The Balaban J connectivity index is 0.955. The molecular formula is C58H44N4OS. The van der Waals surface area contributed by atoms with Crippen LogP contribution in [0.15, 0.2) is 200 Å². The van der Waals surface area contributed by atoms with Crippen molar-refractivity contribution in [3.63, 3.8) is 0 Å². The molecule has 0 atom stereocenters.